The molecule has 1 heterocycles. The van der Waals surface area contributed by atoms with Crippen LogP contribution >= 0.6 is 17.1 Å². The van der Waals surface area contributed by atoms with Gasteiger partial charge in [-0.25, -0.2) is 0 Å². The van der Waals surface area contributed by atoms with Crippen LogP contribution in [-0.4, -0.2) is 13.2 Å². The Bertz CT molecular complexity index is 140. The van der Waals surface area contributed by atoms with Crippen LogP contribution in [-0.2, 0) is 20.9 Å². The van der Waals surface area contributed by atoms with E-state index in [4.69, 9.17) is 32.1 Å². The van der Waals surface area contributed by atoms with Crippen molar-refractivity contribution >= 4 is 28.9 Å². The van der Waals surface area contributed by atoms with Crippen LogP contribution in [0.25, 0.3) is 0 Å². The molecule has 0 aliphatic carbocycles. The summed E-state index contributed by atoms with van der Waals surface area (Å²) in [5.74, 6) is -1.89. The van der Waals surface area contributed by atoms with E-state index in [1.807, 2.05) is 6.92 Å². The number of halogens is 1. The van der Waals surface area contributed by atoms with E-state index in [-0.39, 0.29) is 0 Å². The second-order valence-corrected chi connectivity index (χ2v) is 6.88. The second kappa shape index (κ2) is 2.85. The van der Waals surface area contributed by atoms with Crippen LogP contribution in [0.2, 0.25) is 0 Å². The van der Waals surface area contributed by atoms with Gasteiger partial charge in [0, 0.05) is 5.92 Å². The number of hydrogen-bond donors (Lipinski definition) is 0. The molecular weight excluding hydrogens is 179 g/mol. The van der Waals surface area contributed by atoms with Crippen LogP contribution in [0.15, 0.2) is 0 Å². The molecule has 2 nitrogen and oxygen atoms in total. The summed E-state index contributed by atoms with van der Waals surface area (Å²) in [6.45, 7) is 3.31. The molecule has 1 rings (SSSR count). The van der Waals surface area contributed by atoms with Crippen molar-refractivity contribution in [1.82, 2.24) is 0 Å². The molecule has 0 aromatic carbocycles. The first kappa shape index (κ1) is 7.96. The maximum atomic E-state index is 5.62. The SMILES string of the molecule is CC1COP(=S)(Cl)OC1. The summed E-state index contributed by atoms with van der Waals surface area (Å²) in [5.41, 5.74) is 0. The number of rotatable bonds is 0. The van der Waals surface area contributed by atoms with Crippen LogP contribution in [0, 0.1) is 5.92 Å². The molecule has 0 radical (unpaired) electrons. The van der Waals surface area contributed by atoms with Crippen molar-refractivity contribution in [3.05, 3.63) is 0 Å². The summed E-state index contributed by atoms with van der Waals surface area (Å²) in [7, 11) is 0. The maximum absolute atomic E-state index is 5.62. The van der Waals surface area contributed by atoms with Gasteiger partial charge >= 0.3 is 0 Å². The summed E-state index contributed by atoms with van der Waals surface area (Å²) >= 11 is 10.4. The highest BCUT2D eigenvalue weighted by atomic mass is 35.7. The predicted molar refractivity (Wildman–Crippen MR) is 41.2 cm³/mol. The molecule has 54 valence electrons. The molecule has 0 aromatic rings. The van der Waals surface area contributed by atoms with E-state index < -0.39 is 5.84 Å². The lowest BCUT2D eigenvalue weighted by atomic mass is 10.2. The minimum Gasteiger partial charge on any atom is -0.318 e. The van der Waals surface area contributed by atoms with Gasteiger partial charge in [0.15, 0.2) is 0 Å². The molecule has 0 amide bonds. The number of hydrogen-bond acceptors (Lipinski definition) is 3. The minimum atomic E-state index is -2.32. The molecule has 0 N–H and O–H groups in total. The molecule has 0 saturated carbocycles. The summed E-state index contributed by atoms with van der Waals surface area (Å²) < 4.78 is 10.1. The van der Waals surface area contributed by atoms with E-state index in [0.717, 1.165) is 0 Å². The third-order valence-electron chi connectivity index (χ3n) is 1.03. The molecule has 1 aliphatic rings. The van der Waals surface area contributed by atoms with Crippen LogP contribution in [0.1, 0.15) is 6.92 Å². The zero-order valence-electron chi connectivity index (χ0n) is 5.04. The Morgan fingerprint density at radius 2 is 2.00 bits per heavy atom. The van der Waals surface area contributed by atoms with Crippen molar-refractivity contribution in [2.24, 2.45) is 5.92 Å². The van der Waals surface area contributed by atoms with E-state index in [1.54, 1.807) is 0 Å². The summed E-state index contributed by atoms with van der Waals surface area (Å²) in [5, 5.41) is 0. The molecule has 1 fully saturated rings. The van der Waals surface area contributed by atoms with Gasteiger partial charge in [0.25, 0.3) is 5.84 Å². The lowest BCUT2D eigenvalue weighted by molar-refractivity contribution is 0.136. The Morgan fingerprint density at radius 3 is 2.33 bits per heavy atom. The van der Waals surface area contributed by atoms with Crippen molar-refractivity contribution in [2.45, 2.75) is 6.92 Å². The molecule has 0 bridgehead atoms. The largest absolute Gasteiger partial charge is 0.318 e. The van der Waals surface area contributed by atoms with Gasteiger partial charge in [0.1, 0.15) is 0 Å². The monoisotopic (exact) mass is 186 g/mol. The first-order valence-electron chi connectivity index (χ1n) is 2.69. The topological polar surface area (TPSA) is 18.5 Å². The Labute approximate surface area is 64.4 Å². The van der Waals surface area contributed by atoms with Crippen LogP contribution < -0.4 is 0 Å². The van der Waals surface area contributed by atoms with Gasteiger partial charge in [-0.05, 0) is 23.0 Å². The molecule has 5 heteroatoms. The van der Waals surface area contributed by atoms with Crippen molar-refractivity contribution in [1.29, 1.82) is 0 Å². The first-order valence-corrected chi connectivity index (χ1v) is 6.23. The van der Waals surface area contributed by atoms with Crippen molar-refractivity contribution < 1.29 is 9.05 Å². The highest BCUT2D eigenvalue weighted by molar-refractivity contribution is 8.22. The van der Waals surface area contributed by atoms with Crippen molar-refractivity contribution in [3.63, 3.8) is 0 Å². The van der Waals surface area contributed by atoms with Gasteiger partial charge in [-0.3, -0.25) is 0 Å². The quantitative estimate of drug-likeness (QED) is 0.540. The first-order chi connectivity index (χ1) is 4.10. The molecule has 9 heavy (non-hydrogen) atoms. The smallest absolute Gasteiger partial charge is 0.281 e. The summed E-state index contributed by atoms with van der Waals surface area (Å²) in [6.07, 6.45) is 0. The second-order valence-electron chi connectivity index (χ2n) is 2.13. The van der Waals surface area contributed by atoms with Gasteiger partial charge in [-0.1, -0.05) is 6.92 Å². The highest BCUT2D eigenvalue weighted by Gasteiger charge is 2.23. The average molecular weight is 187 g/mol. The lowest BCUT2D eigenvalue weighted by Crippen LogP contribution is -2.15. The van der Waals surface area contributed by atoms with Gasteiger partial charge in [-0.2, -0.15) is 0 Å². The Morgan fingerprint density at radius 1 is 1.56 bits per heavy atom. The molecular formula is C4H8ClO2PS. The third-order valence-corrected chi connectivity index (χ3v) is 3.16. The van der Waals surface area contributed by atoms with E-state index in [9.17, 15) is 0 Å². The fourth-order valence-electron chi connectivity index (χ4n) is 0.518. The zero-order valence-corrected chi connectivity index (χ0v) is 7.51. The molecule has 0 aromatic heterocycles. The van der Waals surface area contributed by atoms with Crippen molar-refractivity contribution in [2.75, 3.05) is 13.2 Å². The van der Waals surface area contributed by atoms with E-state index in [1.165, 1.54) is 0 Å². The lowest BCUT2D eigenvalue weighted by Gasteiger charge is -2.24. The van der Waals surface area contributed by atoms with Gasteiger partial charge in [0.2, 0.25) is 0 Å². The van der Waals surface area contributed by atoms with E-state index in [0.29, 0.717) is 19.1 Å². The maximum Gasteiger partial charge on any atom is 0.281 e. The van der Waals surface area contributed by atoms with Crippen LogP contribution in [0.4, 0.5) is 0 Å². The van der Waals surface area contributed by atoms with Gasteiger partial charge < -0.3 is 9.05 Å². The fourth-order valence-corrected chi connectivity index (χ4v) is 2.16. The normalized spacial score (nSPS) is 44.9. The minimum absolute atomic E-state index is 0.430. The van der Waals surface area contributed by atoms with Gasteiger partial charge in [0.05, 0.1) is 13.2 Å². The third kappa shape index (κ3) is 2.52. The van der Waals surface area contributed by atoms with Crippen LogP contribution in [0.3, 0.4) is 0 Å². The standard InChI is InChI=1S/C4H8ClO2PS/c1-4-2-6-8(5,9)7-3-4/h4H,2-3H2,1H3. The van der Waals surface area contributed by atoms with Crippen LogP contribution in [0.5, 0.6) is 0 Å². The highest BCUT2D eigenvalue weighted by Crippen LogP contribution is 2.56. The average Bonchev–Trinajstić information content (AvgIpc) is 1.78. The molecule has 0 atom stereocenters. The Hall–Kier alpha value is 0.860. The molecule has 1 saturated heterocycles. The molecule has 0 spiro atoms. The summed E-state index contributed by atoms with van der Waals surface area (Å²) in [6, 6.07) is 0. The fraction of sp³-hybridized carbons (Fsp3) is 1.00. The Balaban J connectivity index is 2.44. The predicted octanol–water partition coefficient (Wildman–Crippen LogP) is 2.13. The zero-order chi connectivity index (χ0) is 6.91. The van der Waals surface area contributed by atoms with Gasteiger partial charge in [-0.15, -0.1) is 0 Å². The Kier molecular flexibility index (Phi) is 2.52. The van der Waals surface area contributed by atoms with Crippen molar-refractivity contribution in [3.8, 4) is 0 Å². The molecule has 1 aliphatic heterocycles. The van der Waals surface area contributed by atoms with E-state index >= 15 is 0 Å². The van der Waals surface area contributed by atoms with E-state index in [2.05, 4.69) is 0 Å². The molecule has 0 unspecified atom stereocenters. The summed E-state index contributed by atoms with van der Waals surface area (Å²) in [4.78, 5) is 0.